The summed E-state index contributed by atoms with van der Waals surface area (Å²) in [6, 6.07) is 5.66. The van der Waals surface area contributed by atoms with Crippen molar-refractivity contribution in [2.75, 3.05) is 19.6 Å². The number of amides is 2. The lowest BCUT2D eigenvalue weighted by Crippen LogP contribution is -2.44. The number of piperidine rings is 1. The van der Waals surface area contributed by atoms with Crippen molar-refractivity contribution < 1.29 is 9.59 Å². The minimum absolute atomic E-state index is 0.113. The van der Waals surface area contributed by atoms with E-state index in [0.717, 1.165) is 35.7 Å². The number of thiazole rings is 1. The standard InChI is InChI=1S/C20H23N5O2S/c1-14-22-16(13-28-14)9-19(26)25-8-4-5-15(11-25)10-21-20(27)17-12-24-7-3-2-6-18(24)23-17/h2-3,6-7,12-13,15H,4-5,8-11H2,1H3,(H,21,27). The zero-order chi connectivity index (χ0) is 19.5. The molecule has 7 nitrogen and oxygen atoms in total. The van der Waals surface area contributed by atoms with Gasteiger partial charge in [0.05, 0.1) is 17.1 Å². The van der Waals surface area contributed by atoms with Crippen molar-refractivity contribution in [3.05, 3.63) is 52.4 Å². The number of imidazole rings is 1. The summed E-state index contributed by atoms with van der Waals surface area (Å²) >= 11 is 1.57. The Morgan fingerprint density at radius 1 is 1.32 bits per heavy atom. The second-order valence-electron chi connectivity index (χ2n) is 7.18. The summed E-state index contributed by atoms with van der Waals surface area (Å²) in [5.74, 6) is 0.197. The van der Waals surface area contributed by atoms with Crippen LogP contribution in [0, 0.1) is 12.8 Å². The molecule has 1 aliphatic heterocycles. The number of carbonyl (C=O) groups is 2. The Labute approximate surface area is 167 Å². The zero-order valence-corrected chi connectivity index (χ0v) is 16.6. The van der Waals surface area contributed by atoms with E-state index in [2.05, 4.69) is 15.3 Å². The second-order valence-corrected chi connectivity index (χ2v) is 8.25. The van der Waals surface area contributed by atoms with Crippen LogP contribution in [0.25, 0.3) is 5.65 Å². The number of rotatable bonds is 5. The molecule has 3 aromatic rings. The lowest BCUT2D eigenvalue weighted by atomic mass is 9.97. The molecule has 1 fully saturated rings. The van der Waals surface area contributed by atoms with Gasteiger partial charge in [0.2, 0.25) is 5.91 Å². The van der Waals surface area contributed by atoms with Gasteiger partial charge in [0.1, 0.15) is 11.3 Å². The summed E-state index contributed by atoms with van der Waals surface area (Å²) < 4.78 is 1.83. The molecule has 0 spiro atoms. The summed E-state index contributed by atoms with van der Waals surface area (Å²) in [6.07, 6.45) is 5.91. The summed E-state index contributed by atoms with van der Waals surface area (Å²) in [4.78, 5) is 35.6. The normalized spacial score (nSPS) is 17.0. The fourth-order valence-corrected chi connectivity index (χ4v) is 4.20. The fourth-order valence-electron chi connectivity index (χ4n) is 3.59. The average Bonchev–Trinajstić information content (AvgIpc) is 3.32. The molecule has 1 unspecified atom stereocenters. The van der Waals surface area contributed by atoms with E-state index in [0.29, 0.717) is 25.2 Å². The minimum atomic E-state index is -0.176. The van der Waals surface area contributed by atoms with Crippen LogP contribution >= 0.6 is 11.3 Å². The topological polar surface area (TPSA) is 79.6 Å². The van der Waals surface area contributed by atoms with E-state index in [9.17, 15) is 9.59 Å². The lowest BCUT2D eigenvalue weighted by Gasteiger charge is -2.32. The largest absolute Gasteiger partial charge is 0.350 e. The van der Waals surface area contributed by atoms with Gasteiger partial charge in [0, 0.05) is 37.4 Å². The minimum Gasteiger partial charge on any atom is -0.350 e. The van der Waals surface area contributed by atoms with Gasteiger partial charge in [-0.05, 0) is 37.8 Å². The first-order chi connectivity index (χ1) is 13.6. The van der Waals surface area contributed by atoms with Crippen molar-refractivity contribution in [3.8, 4) is 0 Å². The Balaban J connectivity index is 1.30. The van der Waals surface area contributed by atoms with Gasteiger partial charge in [-0.2, -0.15) is 0 Å². The molecule has 8 heteroatoms. The number of carbonyl (C=O) groups excluding carboxylic acids is 2. The van der Waals surface area contributed by atoms with Gasteiger partial charge in [0.25, 0.3) is 5.91 Å². The molecule has 1 N–H and O–H groups in total. The van der Waals surface area contributed by atoms with Gasteiger partial charge in [0.15, 0.2) is 0 Å². The van der Waals surface area contributed by atoms with Crippen LogP contribution in [-0.4, -0.2) is 50.7 Å². The second kappa shape index (κ2) is 8.10. The van der Waals surface area contributed by atoms with Crippen LogP contribution in [0.4, 0.5) is 0 Å². The number of likely N-dealkylation sites (tertiary alicyclic amines) is 1. The number of nitrogens with one attached hydrogen (secondary N) is 1. The molecular weight excluding hydrogens is 374 g/mol. The van der Waals surface area contributed by atoms with Crippen molar-refractivity contribution in [2.24, 2.45) is 5.92 Å². The van der Waals surface area contributed by atoms with Crippen LogP contribution in [0.1, 0.15) is 34.0 Å². The highest BCUT2D eigenvalue weighted by atomic mass is 32.1. The number of hydrogen-bond donors (Lipinski definition) is 1. The molecule has 1 atom stereocenters. The molecule has 2 amide bonds. The van der Waals surface area contributed by atoms with Crippen LogP contribution in [0.15, 0.2) is 36.0 Å². The Kier molecular flexibility index (Phi) is 5.38. The van der Waals surface area contributed by atoms with Crippen LogP contribution in [0.5, 0.6) is 0 Å². The van der Waals surface area contributed by atoms with E-state index >= 15 is 0 Å². The molecule has 146 valence electrons. The SMILES string of the molecule is Cc1nc(CC(=O)N2CCCC(CNC(=O)c3cn4ccccc4n3)C2)cs1. The quantitative estimate of drug-likeness (QED) is 0.717. The van der Waals surface area contributed by atoms with Gasteiger partial charge in [-0.3, -0.25) is 9.59 Å². The highest BCUT2D eigenvalue weighted by molar-refractivity contribution is 7.09. The number of nitrogens with zero attached hydrogens (tertiary/aromatic N) is 4. The fraction of sp³-hybridized carbons (Fsp3) is 0.400. The van der Waals surface area contributed by atoms with Crippen molar-refractivity contribution in [3.63, 3.8) is 0 Å². The van der Waals surface area contributed by atoms with Crippen LogP contribution in [-0.2, 0) is 11.2 Å². The predicted molar refractivity (Wildman–Crippen MR) is 107 cm³/mol. The van der Waals surface area contributed by atoms with E-state index in [1.807, 2.05) is 46.0 Å². The van der Waals surface area contributed by atoms with Crippen molar-refractivity contribution in [1.29, 1.82) is 0 Å². The first kappa shape index (κ1) is 18.6. The maximum Gasteiger partial charge on any atom is 0.271 e. The van der Waals surface area contributed by atoms with Crippen molar-refractivity contribution in [1.82, 2.24) is 24.6 Å². The third-order valence-corrected chi connectivity index (χ3v) is 5.84. The van der Waals surface area contributed by atoms with Crippen LogP contribution < -0.4 is 5.32 Å². The van der Waals surface area contributed by atoms with E-state index < -0.39 is 0 Å². The Bertz CT molecular complexity index is 962. The smallest absolute Gasteiger partial charge is 0.271 e. The molecule has 1 aliphatic rings. The van der Waals surface area contributed by atoms with Gasteiger partial charge < -0.3 is 14.6 Å². The molecule has 4 rings (SSSR count). The molecule has 3 aromatic heterocycles. The number of aromatic nitrogens is 3. The molecule has 0 aliphatic carbocycles. The lowest BCUT2D eigenvalue weighted by molar-refractivity contribution is -0.132. The highest BCUT2D eigenvalue weighted by Gasteiger charge is 2.25. The zero-order valence-electron chi connectivity index (χ0n) is 15.8. The number of aryl methyl sites for hydroxylation is 1. The molecule has 0 bridgehead atoms. The van der Waals surface area contributed by atoms with E-state index in [1.165, 1.54) is 0 Å². The van der Waals surface area contributed by atoms with Gasteiger partial charge in [-0.25, -0.2) is 9.97 Å². The Morgan fingerprint density at radius 3 is 3.00 bits per heavy atom. The molecule has 28 heavy (non-hydrogen) atoms. The van der Waals surface area contributed by atoms with Gasteiger partial charge >= 0.3 is 0 Å². The van der Waals surface area contributed by atoms with Crippen LogP contribution in [0.3, 0.4) is 0 Å². The Morgan fingerprint density at radius 2 is 2.21 bits per heavy atom. The molecule has 0 aromatic carbocycles. The third-order valence-electron chi connectivity index (χ3n) is 5.02. The molecule has 0 saturated carbocycles. The van der Waals surface area contributed by atoms with Crippen molar-refractivity contribution in [2.45, 2.75) is 26.2 Å². The highest BCUT2D eigenvalue weighted by Crippen LogP contribution is 2.18. The number of hydrogen-bond acceptors (Lipinski definition) is 5. The molecule has 4 heterocycles. The first-order valence-electron chi connectivity index (χ1n) is 9.49. The average molecular weight is 398 g/mol. The summed E-state index contributed by atoms with van der Waals surface area (Å²) in [5.41, 5.74) is 2.00. The predicted octanol–water partition coefficient (Wildman–Crippen LogP) is 2.31. The maximum atomic E-state index is 12.6. The van der Waals surface area contributed by atoms with Crippen molar-refractivity contribution >= 4 is 28.8 Å². The molecule has 1 saturated heterocycles. The van der Waals surface area contributed by atoms with E-state index in [-0.39, 0.29) is 17.7 Å². The summed E-state index contributed by atoms with van der Waals surface area (Å²) in [5, 5.41) is 5.91. The van der Waals surface area contributed by atoms with Crippen LogP contribution in [0.2, 0.25) is 0 Å². The van der Waals surface area contributed by atoms with E-state index in [1.54, 1.807) is 17.5 Å². The number of fused-ring (bicyclic) bond motifs is 1. The van der Waals surface area contributed by atoms with E-state index in [4.69, 9.17) is 0 Å². The molecule has 0 radical (unpaired) electrons. The monoisotopic (exact) mass is 397 g/mol. The Hall–Kier alpha value is -2.74. The summed E-state index contributed by atoms with van der Waals surface area (Å²) in [6.45, 7) is 3.94. The number of pyridine rings is 1. The van der Waals surface area contributed by atoms with Gasteiger partial charge in [-0.1, -0.05) is 6.07 Å². The first-order valence-corrected chi connectivity index (χ1v) is 10.4. The maximum absolute atomic E-state index is 12.6. The third kappa shape index (κ3) is 4.22. The molecular formula is C20H23N5O2S. The summed E-state index contributed by atoms with van der Waals surface area (Å²) in [7, 11) is 0. The van der Waals surface area contributed by atoms with Gasteiger partial charge in [-0.15, -0.1) is 11.3 Å².